The molecule has 1 atom stereocenters. The number of para-hydroxylation sites is 1. The van der Waals surface area contributed by atoms with Gasteiger partial charge in [0.25, 0.3) is 0 Å². The molecule has 1 aromatic rings. The van der Waals surface area contributed by atoms with Crippen molar-refractivity contribution in [3.63, 3.8) is 0 Å². The van der Waals surface area contributed by atoms with Gasteiger partial charge in [0.1, 0.15) is 5.75 Å². The number of nitrogens with one attached hydrogen (secondary N) is 1. The van der Waals surface area contributed by atoms with Gasteiger partial charge in [-0.1, -0.05) is 38.0 Å². The molecule has 0 saturated heterocycles. The lowest BCUT2D eigenvalue weighted by atomic mass is 9.91. The first-order valence-corrected chi connectivity index (χ1v) is 7.32. The summed E-state index contributed by atoms with van der Waals surface area (Å²) < 4.78 is 5.78. The number of rotatable bonds is 6. The first-order chi connectivity index (χ1) is 8.86. The Hall–Kier alpha value is -1.02. The van der Waals surface area contributed by atoms with Crippen LogP contribution in [0.2, 0.25) is 0 Å². The molecule has 1 aliphatic carbocycles. The minimum absolute atomic E-state index is 0.459. The van der Waals surface area contributed by atoms with E-state index in [2.05, 4.69) is 43.4 Å². The molecule has 1 unspecified atom stereocenters. The molecule has 0 aliphatic heterocycles. The lowest BCUT2D eigenvalue weighted by molar-refractivity contribution is 0.315. The van der Waals surface area contributed by atoms with Crippen LogP contribution in [0.1, 0.15) is 51.1 Å². The average molecular weight is 247 g/mol. The van der Waals surface area contributed by atoms with Crippen LogP contribution in [0.4, 0.5) is 0 Å². The van der Waals surface area contributed by atoms with Gasteiger partial charge in [-0.25, -0.2) is 0 Å². The van der Waals surface area contributed by atoms with Crippen molar-refractivity contribution in [2.45, 2.75) is 45.6 Å². The number of ether oxygens (including phenoxy) is 1. The van der Waals surface area contributed by atoms with E-state index in [9.17, 15) is 0 Å². The molecular weight excluding hydrogens is 222 g/mol. The van der Waals surface area contributed by atoms with E-state index in [0.717, 1.165) is 24.8 Å². The molecule has 0 bridgehead atoms. The van der Waals surface area contributed by atoms with Crippen molar-refractivity contribution in [3.05, 3.63) is 29.8 Å². The Balaban J connectivity index is 2.23. The minimum Gasteiger partial charge on any atom is -0.494 e. The van der Waals surface area contributed by atoms with Crippen LogP contribution in [0.15, 0.2) is 24.3 Å². The topological polar surface area (TPSA) is 21.3 Å². The maximum Gasteiger partial charge on any atom is 0.124 e. The average Bonchev–Trinajstić information content (AvgIpc) is 2.91. The van der Waals surface area contributed by atoms with Crippen molar-refractivity contribution in [2.24, 2.45) is 5.92 Å². The molecule has 2 rings (SSSR count). The Bertz CT molecular complexity index is 358. The quantitative estimate of drug-likeness (QED) is 0.822. The fourth-order valence-electron chi connectivity index (χ4n) is 3.07. The largest absolute Gasteiger partial charge is 0.494 e. The van der Waals surface area contributed by atoms with Crippen molar-refractivity contribution in [1.29, 1.82) is 0 Å². The second-order valence-electron chi connectivity index (χ2n) is 5.05. The second kappa shape index (κ2) is 6.79. The van der Waals surface area contributed by atoms with Crippen LogP contribution < -0.4 is 10.1 Å². The minimum atomic E-state index is 0.459. The highest BCUT2D eigenvalue weighted by molar-refractivity contribution is 5.36. The van der Waals surface area contributed by atoms with Gasteiger partial charge in [-0.2, -0.15) is 0 Å². The first kappa shape index (κ1) is 13.4. The third kappa shape index (κ3) is 3.05. The van der Waals surface area contributed by atoms with Gasteiger partial charge >= 0.3 is 0 Å². The lowest BCUT2D eigenvalue weighted by Crippen LogP contribution is -2.27. The summed E-state index contributed by atoms with van der Waals surface area (Å²) in [5.74, 6) is 1.82. The van der Waals surface area contributed by atoms with Crippen LogP contribution >= 0.6 is 0 Å². The molecule has 0 aromatic heterocycles. The van der Waals surface area contributed by atoms with Gasteiger partial charge in [0.15, 0.2) is 0 Å². The normalized spacial score (nSPS) is 17.9. The lowest BCUT2D eigenvalue weighted by Gasteiger charge is -2.26. The van der Waals surface area contributed by atoms with Gasteiger partial charge in [-0.15, -0.1) is 0 Å². The predicted molar refractivity (Wildman–Crippen MR) is 76.0 cm³/mol. The fraction of sp³-hybridized carbons (Fsp3) is 0.625. The van der Waals surface area contributed by atoms with Crippen molar-refractivity contribution < 1.29 is 4.74 Å². The Kier molecular flexibility index (Phi) is 5.06. The van der Waals surface area contributed by atoms with Gasteiger partial charge in [0.2, 0.25) is 0 Å². The van der Waals surface area contributed by atoms with Crippen LogP contribution in [0.3, 0.4) is 0 Å². The fourth-order valence-corrected chi connectivity index (χ4v) is 3.07. The molecule has 0 radical (unpaired) electrons. The van der Waals surface area contributed by atoms with Crippen molar-refractivity contribution in [1.82, 2.24) is 5.32 Å². The molecule has 1 aliphatic rings. The summed E-state index contributed by atoms with van der Waals surface area (Å²) in [6.45, 7) is 5.99. The monoisotopic (exact) mass is 247 g/mol. The summed E-state index contributed by atoms with van der Waals surface area (Å²) in [5, 5.41) is 3.66. The smallest absolute Gasteiger partial charge is 0.124 e. The zero-order valence-corrected chi connectivity index (χ0v) is 11.6. The highest BCUT2D eigenvalue weighted by atomic mass is 16.5. The Morgan fingerprint density at radius 2 is 1.94 bits per heavy atom. The van der Waals surface area contributed by atoms with E-state index in [-0.39, 0.29) is 0 Å². The molecule has 1 fully saturated rings. The highest BCUT2D eigenvalue weighted by Crippen LogP contribution is 2.38. The van der Waals surface area contributed by atoms with Gasteiger partial charge in [0.05, 0.1) is 6.61 Å². The maximum absolute atomic E-state index is 5.78. The van der Waals surface area contributed by atoms with Crippen LogP contribution in [0.5, 0.6) is 5.75 Å². The van der Waals surface area contributed by atoms with E-state index in [0.29, 0.717) is 6.04 Å². The zero-order chi connectivity index (χ0) is 12.8. The van der Waals surface area contributed by atoms with Gasteiger partial charge in [-0.3, -0.25) is 0 Å². The standard InChI is InChI=1S/C16H25NO/c1-3-17-16(13-9-5-6-10-13)14-11-7-8-12-15(14)18-4-2/h7-8,11-13,16-17H,3-6,9-10H2,1-2H3. The van der Waals surface area contributed by atoms with E-state index in [1.807, 2.05) is 0 Å². The van der Waals surface area contributed by atoms with E-state index in [1.165, 1.54) is 31.2 Å². The third-order valence-corrected chi connectivity index (χ3v) is 3.85. The second-order valence-corrected chi connectivity index (χ2v) is 5.05. The maximum atomic E-state index is 5.78. The molecule has 1 saturated carbocycles. The Morgan fingerprint density at radius 1 is 1.22 bits per heavy atom. The number of benzene rings is 1. The SMILES string of the molecule is CCNC(c1ccccc1OCC)C1CCCC1. The Labute approximate surface area is 111 Å². The van der Waals surface area contributed by atoms with Crippen molar-refractivity contribution in [2.75, 3.05) is 13.2 Å². The van der Waals surface area contributed by atoms with Gasteiger partial charge in [0, 0.05) is 11.6 Å². The predicted octanol–water partition coefficient (Wildman–Crippen LogP) is 3.93. The number of hydrogen-bond donors (Lipinski definition) is 1. The molecule has 1 N–H and O–H groups in total. The van der Waals surface area contributed by atoms with Crippen molar-refractivity contribution in [3.8, 4) is 5.75 Å². The molecule has 2 heteroatoms. The summed E-state index contributed by atoms with van der Waals surface area (Å²) >= 11 is 0. The molecule has 0 heterocycles. The van der Waals surface area contributed by atoms with Crippen LogP contribution in [0, 0.1) is 5.92 Å². The van der Waals surface area contributed by atoms with Crippen LogP contribution in [-0.4, -0.2) is 13.2 Å². The van der Waals surface area contributed by atoms with Gasteiger partial charge < -0.3 is 10.1 Å². The molecule has 0 spiro atoms. The van der Waals surface area contributed by atoms with Gasteiger partial charge in [-0.05, 0) is 38.3 Å². The summed E-state index contributed by atoms with van der Waals surface area (Å²) in [6.07, 6.45) is 5.45. The van der Waals surface area contributed by atoms with Crippen LogP contribution in [0.25, 0.3) is 0 Å². The molecule has 18 heavy (non-hydrogen) atoms. The van der Waals surface area contributed by atoms with E-state index < -0.39 is 0 Å². The first-order valence-electron chi connectivity index (χ1n) is 7.32. The molecular formula is C16H25NO. The molecule has 100 valence electrons. The summed E-state index contributed by atoms with van der Waals surface area (Å²) in [5.41, 5.74) is 1.34. The van der Waals surface area contributed by atoms with Crippen molar-refractivity contribution >= 4 is 0 Å². The summed E-state index contributed by atoms with van der Waals surface area (Å²) in [4.78, 5) is 0. The van der Waals surface area contributed by atoms with Crippen LogP contribution in [-0.2, 0) is 0 Å². The zero-order valence-electron chi connectivity index (χ0n) is 11.6. The third-order valence-electron chi connectivity index (χ3n) is 3.85. The van der Waals surface area contributed by atoms with E-state index in [4.69, 9.17) is 4.74 Å². The van der Waals surface area contributed by atoms with E-state index >= 15 is 0 Å². The molecule has 1 aromatic carbocycles. The van der Waals surface area contributed by atoms with E-state index in [1.54, 1.807) is 0 Å². The Morgan fingerprint density at radius 3 is 2.61 bits per heavy atom. The molecule has 2 nitrogen and oxygen atoms in total. The highest BCUT2D eigenvalue weighted by Gasteiger charge is 2.27. The molecule has 0 amide bonds. The summed E-state index contributed by atoms with van der Waals surface area (Å²) in [7, 11) is 0. The number of hydrogen-bond acceptors (Lipinski definition) is 2. The summed E-state index contributed by atoms with van der Waals surface area (Å²) in [6, 6.07) is 8.96.